The first kappa shape index (κ1) is 34.8. The Morgan fingerprint density at radius 3 is 2.24 bits per heavy atom. The molecule has 0 amide bonds. The number of carboxylic acid groups (broad SMARTS) is 1. The van der Waals surface area contributed by atoms with Gasteiger partial charge >= 0.3 is 5.97 Å². The summed E-state index contributed by atoms with van der Waals surface area (Å²) in [4.78, 5) is 21.5. The van der Waals surface area contributed by atoms with Crippen LogP contribution in [0.5, 0.6) is 5.75 Å². The molecule has 0 saturated carbocycles. The van der Waals surface area contributed by atoms with Gasteiger partial charge in [-0.1, -0.05) is 24.3 Å². The lowest BCUT2D eigenvalue weighted by Crippen LogP contribution is -2.47. The van der Waals surface area contributed by atoms with Crippen LogP contribution in [-0.4, -0.2) is 57.8 Å². The van der Waals surface area contributed by atoms with Gasteiger partial charge in [0, 0.05) is 37.3 Å². The van der Waals surface area contributed by atoms with Crippen LogP contribution >= 0.6 is 37.2 Å². The maximum absolute atomic E-state index is 13.1. The predicted octanol–water partition coefficient (Wildman–Crippen LogP) is 5.95. The van der Waals surface area contributed by atoms with Crippen molar-refractivity contribution in [1.29, 1.82) is 0 Å². The minimum absolute atomic E-state index is 0. The van der Waals surface area contributed by atoms with Crippen molar-refractivity contribution >= 4 is 81.3 Å². The highest BCUT2D eigenvalue weighted by Crippen LogP contribution is 2.31. The predicted molar refractivity (Wildman–Crippen MR) is 175 cm³/mol. The highest BCUT2D eigenvalue weighted by atomic mass is 35.5. The third kappa shape index (κ3) is 7.12. The summed E-state index contributed by atoms with van der Waals surface area (Å²) >= 11 is 0. The number of aromatic carboxylic acids is 1. The topological polar surface area (TPSA) is 112 Å². The van der Waals surface area contributed by atoms with Gasteiger partial charge in [0.15, 0.2) is 0 Å². The van der Waals surface area contributed by atoms with E-state index in [0.717, 1.165) is 30.1 Å². The molecule has 1 aliphatic rings. The minimum Gasteiger partial charge on any atom is -0.495 e. The van der Waals surface area contributed by atoms with E-state index in [1.54, 1.807) is 44.4 Å². The second kappa shape index (κ2) is 14.2. The highest BCUT2D eigenvalue weighted by Gasteiger charge is 2.23. The van der Waals surface area contributed by atoms with Gasteiger partial charge in [-0.15, -0.1) is 37.2 Å². The van der Waals surface area contributed by atoms with Gasteiger partial charge in [-0.2, -0.15) is 0 Å². The molecule has 0 spiro atoms. The smallest absolute Gasteiger partial charge is 0.336 e. The van der Waals surface area contributed by atoms with E-state index in [0.29, 0.717) is 35.4 Å². The molecule has 0 radical (unpaired) electrons. The van der Waals surface area contributed by atoms with Gasteiger partial charge in [0.1, 0.15) is 11.6 Å². The number of fused-ring (bicyclic) bond motifs is 1. The van der Waals surface area contributed by atoms with Crippen molar-refractivity contribution in [2.75, 3.05) is 47.8 Å². The Balaban J connectivity index is 0.00000205. The summed E-state index contributed by atoms with van der Waals surface area (Å²) in [5.41, 5.74) is 3.28. The summed E-state index contributed by atoms with van der Waals surface area (Å²) in [6, 6.07) is 19.4. The number of piperazine rings is 1. The summed E-state index contributed by atoms with van der Waals surface area (Å²) in [7, 11) is -2.21. The molecule has 9 nitrogen and oxygen atoms in total. The van der Waals surface area contributed by atoms with E-state index in [4.69, 9.17) is 9.72 Å². The van der Waals surface area contributed by atoms with Gasteiger partial charge in [0.05, 0.1) is 28.8 Å². The van der Waals surface area contributed by atoms with E-state index in [1.165, 1.54) is 6.07 Å². The second-order valence-electron chi connectivity index (χ2n) is 9.59. The standard InChI is InChI=1S/C29H30N4O5S.3ClH/c1-19-8-9-20(2)27(16-19)39(36,37)31-21-10-11-24-22(17-21)23(29(34)35)18-28(30-24)33-14-12-32(13-15-33)25-6-4-5-7-26(25)38-3;;;/h4-11,16-18,31H,12-15H2,1-3H3,(H,34,35);3*1H. The fraction of sp³-hybridized carbons (Fsp3) is 0.241. The van der Waals surface area contributed by atoms with E-state index < -0.39 is 16.0 Å². The first-order chi connectivity index (χ1) is 18.7. The monoisotopic (exact) mass is 654 g/mol. The number of rotatable bonds is 7. The summed E-state index contributed by atoms with van der Waals surface area (Å²) in [6.45, 7) is 6.32. The summed E-state index contributed by atoms with van der Waals surface area (Å²) in [5, 5.41) is 10.4. The van der Waals surface area contributed by atoms with Crippen LogP contribution in [0.25, 0.3) is 10.9 Å². The zero-order valence-electron chi connectivity index (χ0n) is 23.2. The molecule has 0 unspecified atom stereocenters. The number of aryl methyl sites for hydroxylation is 2. The lowest BCUT2D eigenvalue weighted by molar-refractivity contribution is 0.0699. The maximum atomic E-state index is 13.1. The van der Waals surface area contributed by atoms with Crippen molar-refractivity contribution in [3.05, 3.63) is 83.4 Å². The molecule has 3 aromatic carbocycles. The summed E-state index contributed by atoms with van der Waals surface area (Å²) in [6.07, 6.45) is 0. The van der Waals surface area contributed by atoms with Crippen LogP contribution < -0.4 is 19.3 Å². The van der Waals surface area contributed by atoms with Crippen LogP contribution in [0.3, 0.4) is 0 Å². The molecular weight excluding hydrogens is 623 g/mol. The van der Waals surface area contributed by atoms with Crippen molar-refractivity contribution in [1.82, 2.24) is 4.98 Å². The van der Waals surface area contributed by atoms with E-state index in [-0.39, 0.29) is 53.4 Å². The number of para-hydroxylation sites is 2. The molecule has 4 aromatic rings. The first-order valence-electron chi connectivity index (χ1n) is 12.6. The van der Waals surface area contributed by atoms with E-state index in [9.17, 15) is 18.3 Å². The fourth-order valence-electron chi connectivity index (χ4n) is 4.89. The number of hydrogen-bond donors (Lipinski definition) is 2. The number of sulfonamides is 1. The molecule has 0 bridgehead atoms. The zero-order chi connectivity index (χ0) is 27.7. The largest absolute Gasteiger partial charge is 0.495 e. The molecule has 42 heavy (non-hydrogen) atoms. The average Bonchev–Trinajstić information content (AvgIpc) is 2.93. The Morgan fingerprint density at radius 1 is 0.905 bits per heavy atom. The molecule has 2 N–H and O–H groups in total. The number of hydrogen-bond acceptors (Lipinski definition) is 7. The Bertz CT molecular complexity index is 1680. The third-order valence-corrected chi connectivity index (χ3v) is 8.46. The van der Waals surface area contributed by atoms with Gasteiger partial charge in [0.25, 0.3) is 10.0 Å². The van der Waals surface area contributed by atoms with Gasteiger partial charge in [-0.05, 0) is 67.4 Å². The third-order valence-electron chi connectivity index (χ3n) is 6.94. The van der Waals surface area contributed by atoms with Crippen LogP contribution in [-0.2, 0) is 10.0 Å². The molecule has 1 fully saturated rings. The first-order valence-corrected chi connectivity index (χ1v) is 14.1. The number of methoxy groups -OCH3 is 1. The van der Waals surface area contributed by atoms with Gasteiger partial charge in [-0.3, -0.25) is 4.72 Å². The Kier molecular flexibility index (Phi) is 11.7. The van der Waals surface area contributed by atoms with Crippen LogP contribution in [0.1, 0.15) is 21.5 Å². The van der Waals surface area contributed by atoms with E-state index in [2.05, 4.69) is 14.5 Å². The number of aromatic nitrogens is 1. The van der Waals surface area contributed by atoms with Crippen LogP contribution in [0.4, 0.5) is 17.2 Å². The molecule has 13 heteroatoms. The normalized spacial score (nSPS) is 12.9. The minimum atomic E-state index is -3.87. The Hall–Kier alpha value is -3.44. The fourth-order valence-corrected chi connectivity index (χ4v) is 6.27. The van der Waals surface area contributed by atoms with Crippen molar-refractivity contribution in [2.24, 2.45) is 0 Å². The average molecular weight is 656 g/mol. The van der Waals surface area contributed by atoms with Crippen LogP contribution in [0.15, 0.2) is 71.6 Å². The van der Waals surface area contributed by atoms with Gasteiger partial charge in [0.2, 0.25) is 0 Å². The number of pyridine rings is 1. The number of benzene rings is 3. The maximum Gasteiger partial charge on any atom is 0.336 e. The summed E-state index contributed by atoms with van der Waals surface area (Å²) < 4.78 is 34.3. The van der Waals surface area contributed by atoms with Crippen LogP contribution in [0.2, 0.25) is 0 Å². The lowest BCUT2D eigenvalue weighted by Gasteiger charge is -2.37. The molecule has 0 aliphatic carbocycles. The number of halogens is 3. The summed E-state index contributed by atoms with van der Waals surface area (Å²) in [5.74, 6) is 0.279. The van der Waals surface area contributed by atoms with Crippen molar-refractivity contribution in [3.8, 4) is 5.75 Å². The van der Waals surface area contributed by atoms with Gasteiger partial charge in [-0.25, -0.2) is 18.2 Å². The van der Waals surface area contributed by atoms with Crippen LogP contribution in [0, 0.1) is 13.8 Å². The molecule has 226 valence electrons. The molecule has 0 atom stereocenters. The van der Waals surface area contributed by atoms with Crippen molar-refractivity contribution in [3.63, 3.8) is 0 Å². The zero-order valence-corrected chi connectivity index (χ0v) is 26.5. The quantitative estimate of drug-likeness (QED) is 0.251. The Labute approximate surface area is 264 Å². The molecule has 1 saturated heterocycles. The number of nitrogens with zero attached hydrogens (tertiary/aromatic N) is 3. The number of nitrogens with one attached hydrogen (secondary N) is 1. The SMILES string of the molecule is COc1ccccc1N1CCN(c2cc(C(=O)O)c3cc(NS(=O)(=O)c4cc(C)ccc4C)ccc3n2)CC1.Cl.Cl.Cl. The molecular formula is C29H33Cl3N4O5S. The number of carboxylic acids is 1. The van der Waals surface area contributed by atoms with Crippen molar-refractivity contribution < 1.29 is 23.1 Å². The molecule has 2 heterocycles. The lowest BCUT2D eigenvalue weighted by atomic mass is 10.1. The molecule has 5 rings (SSSR count). The number of ether oxygens (including phenoxy) is 1. The number of carbonyl (C=O) groups is 1. The molecule has 1 aromatic heterocycles. The molecule has 1 aliphatic heterocycles. The highest BCUT2D eigenvalue weighted by molar-refractivity contribution is 7.92. The Morgan fingerprint density at radius 2 is 1.57 bits per heavy atom. The second-order valence-corrected chi connectivity index (χ2v) is 11.2. The van der Waals surface area contributed by atoms with E-state index >= 15 is 0 Å². The van der Waals surface area contributed by atoms with Gasteiger partial charge < -0.3 is 19.6 Å². The van der Waals surface area contributed by atoms with Crippen molar-refractivity contribution in [2.45, 2.75) is 18.7 Å². The number of anilines is 3. The van der Waals surface area contributed by atoms with E-state index in [1.807, 2.05) is 37.3 Å².